The van der Waals surface area contributed by atoms with E-state index >= 15 is 0 Å². The highest BCUT2D eigenvalue weighted by atomic mass is 32.2. The molecule has 0 unspecified atom stereocenters. The Labute approximate surface area is 152 Å². The first kappa shape index (κ1) is 19.6. The maximum Gasteiger partial charge on any atom is 0.255 e. The van der Waals surface area contributed by atoms with Gasteiger partial charge in [-0.15, -0.1) is 0 Å². The van der Waals surface area contributed by atoms with Crippen molar-refractivity contribution in [3.05, 3.63) is 59.7 Å². The van der Waals surface area contributed by atoms with Gasteiger partial charge in [-0.2, -0.15) is 4.31 Å². The van der Waals surface area contributed by atoms with Crippen LogP contribution >= 0.6 is 0 Å². The average molecular weight is 375 g/mol. The number of carbonyl (C=O) groups excluding carboxylic acids is 2. The van der Waals surface area contributed by atoms with Gasteiger partial charge < -0.3 is 11.1 Å². The minimum atomic E-state index is -3.67. The molecule has 0 aliphatic carbocycles. The van der Waals surface area contributed by atoms with Gasteiger partial charge in [-0.1, -0.05) is 32.0 Å². The van der Waals surface area contributed by atoms with Crippen LogP contribution in [0.1, 0.15) is 34.6 Å². The predicted molar refractivity (Wildman–Crippen MR) is 99.5 cm³/mol. The normalized spacial score (nSPS) is 11.3. The summed E-state index contributed by atoms with van der Waals surface area (Å²) in [6.45, 7) is 4.17. The summed E-state index contributed by atoms with van der Waals surface area (Å²) in [4.78, 5) is 24.0. The lowest BCUT2D eigenvalue weighted by Gasteiger charge is -2.18. The molecule has 8 heteroatoms. The molecule has 26 heavy (non-hydrogen) atoms. The highest BCUT2D eigenvalue weighted by Gasteiger charge is 2.22. The van der Waals surface area contributed by atoms with E-state index in [1.165, 1.54) is 34.6 Å². The summed E-state index contributed by atoms with van der Waals surface area (Å²) in [5.41, 5.74) is 5.90. The van der Waals surface area contributed by atoms with Gasteiger partial charge in [0.25, 0.3) is 11.8 Å². The number of benzene rings is 2. The maximum absolute atomic E-state index is 12.6. The highest BCUT2D eigenvalue weighted by molar-refractivity contribution is 7.89. The molecule has 0 atom stereocenters. The SMILES string of the molecule is CCN(CC)S(=O)(=O)c1cccc(C(=O)Nc2ccccc2C(N)=O)c1. The molecule has 2 aromatic rings. The molecule has 0 aromatic heterocycles. The molecule has 2 amide bonds. The third-order valence-electron chi connectivity index (χ3n) is 3.88. The van der Waals surface area contributed by atoms with Gasteiger partial charge in [-0.05, 0) is 30.3 Å². The fourth-order valence-electron chi connectivity index (χ4n) is 2.51. The zero-order chi connectivity index (χ0) is 19.3. The Morgan fingerprint density at radius 2 is 1.69 bits per heavy atom. The largest absolute Gasteiger partial charge is 0.366 e. The van der Waals surface area contributed by atoms with Gasteiger partial charge in [-0.25, -0.2) is 8.42 Å². The van der Waals surface area contributed by atoms with Crippen LogP contribution in [-0.4, -0.2) is 37.6 Å². The van der Waals surface area contributed by atoms with Crippen molar-refractivity contribution in [3.8, 4) is 0 Å². The fraction of sp³-hybridized carbons (Fsp3) is 0.222. The van der Waals surface area contributed by atoms with E-state index in [2.05, 4.69) is 5.32 Å². The molecule has 0 aliphatic rings. The van der Waals surface area contributed by atoms with E-state index in [0.717, 1.165) is 0 Å². The smallest absolute Gasteiger partial charge is 0.255 e. The minimum absolute atomic E-state index is 0.0389. The Bertz CT molecular complexity index is 922. The number of nitrogens with one attached hydrogen (secondary N) is 1. The molecule has 0 heterocycles. The first-order valence-corrected chi connectivity index (χ1v) is 9.55. The van der Waals surface area contributed by atoms with Crippen LogP contribution in [0.4, 0.5) is 5.69 Å². The van der Waals surface area contributed by atoms with Crippen LogP contribution in [-0.2, 0) is 10.0 Å². The van der Waals surface area contributed by atoms with Crippen LogP contribution in [0.5, 0.6) is 0 Å². The van der Waals surface area contributed by atoms with Crippen molar-refractivity contribution in [2.24, 2.45) is 5.73 Å². The first-order chi connectivity index (χ1) is 12.3. The molecular formula is C18H21N3O4S. The van der Waals surface area contributed by atoms with E-state index in [1.54, 1.807) is 32.0 Å². The number of anilines is 1. The van der Waals surface area contributed by atoms with Gasteiger partial charge in [0, 0.05) is 18.7 Å². The third-order valence-corrected chi connectivity index (χ3v) is 5.93. The van der Waals surface area contributed by atoms with Crippen molar-refractivity contribution >= 4 is 27.5 Å². The second-order valence-corrected chi connectivity index (χ2v) is 7.42. The van der Waals surface area contributed by atoms with Gasteiger partial charge in [-0.3, -0.25) is 9.59 Å². The molecule has 0 saturated carbocycles. The van der Waals surface area contributed by atoms with Gasteiger partial charge >= 0.3 is 0 Å². The van der Waals surface area contributed by atoms with E-state index in [1.807, 2.05) is 0 Å². The van der Waals surface area contributed by atoms with Crippen molar-refractivity contribution in [2.75, 3.05) is 18.4 Å². The zero-order valence-electron chi connectivity index (χ0n) is 14.6. The molecule has 3 N–H and O–H groups in total. The molecule has 0 spiro atoms. The summed E-state index contributed by atoms with van der Waals surface area (Å²) in [7, 11) is -3.67. The maximum atomic E-state index is 12.6. The number of nitrogens with zero attached hydrogens (tertiary/aromatic N) is 1. The van der Waals surface area contributed by atoms with Gasteiger partial charge in [0.15, 0.2) is 0 Å². The Morgan fingerprint density at radius 3 is 2.31 bits per heavy atom. The lowest BCUT2D eigenvalue weighted by Crippen LogP contribution is -2.30. The summed E-state index contributed by atoms with van der Waals surface area (Å²) in [6.07, 6.45) is 0. The summed E-state index contributed by atoms with van der Waals surface area (Å²) < 4.78 is 26.5. The summed E-state index contributed by atoms with van der Waals surface area (Å²) in [5.74, 6) is -1.20. The number of sulfonamides is 1. The van der Waals surface area contributed by atoms with Crippen molar-refractivity contribution in [1.29, 1.82) is 0 Å². The standard InChI is InChI=1S/C18H21N3O4S/c1-3-21(4-2)26(24,25)14-9-7-8-13(12-14)18(23)20-16-11-6-5-10-15(16)17(19)22/h5-12H,3-4H2,1-2H3,(H2,19,22)(H,20,23). The molecule has 0 aliphatic heterocycles. The van der Waals surface area contributed by atoms with E-state index in [-0.39, 0.29) is 21.7 Å². The van der Waals surface area contributed by atoms with E-state index < -0.39 is 21.8 Å². The van der Waals surface area contributed by atoms with E-state index in [0.29, 0.717) is 13.1 Å². The van der Waals surface area contributed by atoms with E-state index in [9.17, 15) is 18.0 Å². The Kier molecular flexibility index (Phi) is 6.12. The summed E-state index contributed by atoms with van der Waals surface area (Å²) in [5, 5.41) is 2.60. The van der Waals surface area contributed by atoms with Crippen LogP contribution in [0.2, 0.25) is 0 Å². The van der Waals surface area contributed by atoms with Crippen LogP contribution < -0.4 is 11.1 Å². The number of hydrogen-bond donors (Lipinski definition) is 2. The highest BCUT2D eigenvalue weighted by Crippen LogP contribution is 2.19. The van der Waals surface area contributed by atoms with Crippen LogP contribution in [0.3, 0.4) is 0 Å². The molecular weight excluding hydrogens is 354 g/mol. The summed E-state index contributed by atoms with van der Waals surface area (Å²) in [6, 6.07) is 12.1. The van der Waals surface area contributed by atoms with Gasteiger partial charge in [0.05, 0.1) is 16.1 Å². The number of primary amides is 1. The van der Waals surface area contributed by atoms with Crippen molar-refractivity contribution in [3.63, 3.8) is 0 Å². The molecule has 138 valence electrons. The molecule has 2 aromatic carbocycles. The topological polar surface area (TPSA) is 110 Å². The second kappa shape index (κ2) is 8.11. The van der Waals surface area contributed by atoms with Crippen LogP contribution in [0.25, 0.3) is 0 Å². The third kappa shape index (κ3) is 4.09. The van der Waals surface area contributed by atoms with Crippen molar-refractivity contribution in [1.82, 2.24) is 4.31 Å². The fourth-order valence-corrected chi connectivity index (χ4v) is 4.02. The first-order valence-electron chi connectivity index (χ1n) is 8.11. The van der Waals surface area contributed by atoms with Crippen LogP contribution in [0, 0.1) is 0 Å². The molecule has 0 fully saturated rings. The summed E-state index contributed by atoms with van der Waals surface area (Å²) >= 11 is 0. The van der Waals surface area contributed by atoms with Crippen LogP contribution in [0.15, 0.2) is 53.4 Å². The molecule has 0 bridgehead atoms. The number of carbonyl (C=O) groups is 2. The Balaban J connectivity index is 2.34. The monoisotopic (exact) mass is 375 g/mol. The number of para-hydroxylation sites is 1. The molecule has 2 rings (SSSR count). The Morgan fingerprint density at radius 1 is 1.04 bits per heavy atom. The predicted octanol–water partition coefficient (Wildman–Crippen LogP) is 2.07. The second-order valence-electron chi connectivity index (χ2n) is 5.48. The lowest BCUT2D eigenvalue weighted by molar-refractivity contribution is 0.100. The zero-order valence-corrected chi connectivity index (χ0v) is 15.4. The van der Waals surface area contributed by atoms with E-state index in [4.69, 9.17) is 5.73 Å². The number of hydrogen-bond acceptors (Lipinski definition) is 4. The van der Waals surface area contributed by atoms with Gasteiger partial charge in [0.1, 0.15) is 0 Å². The Hall–Kier alpha value is -2.71. The quantitative estimate of drug-likeness (QED) is 0.772. The molecule has 7 nitrogen and oxygen atoms in total. The average Bonchev–Trinajstić information content (AvgIpc) is 2.63. The number of nitrogens with two attached hydrogens (primary N) is 1. The minimum Gasteiger partial charge on any atom is -0.366 e. The number of rotatable bonds is 7. The number of amides is 2. The lowest BCUT2D eigenvalue weighted by atomic mass is 10.1. The molecule has 0 saturated heterocycles. The van der Waals surface area contributed by atoms with Crippen molar-refractivity contribution < 1.29 is 18.0 Å². The van der Waals surface area contributed by atoms with Gasteiger partial charge in [0.2, 0.25) is 10.0 Å². The molecule has 0 radical (unpaired) electrons. The van der Waals surface area contributed by atoms with Crippen molar-refractivity contribution in [2.45, 2.75) is 18.7 Å².